The van der Waals surface area contributed by atoms with Gasteiger partial charge in [0.05, 0.1) is 12.2 Å². The Hall–Kier alpha value is -4.30. The summed E-state index contributed by atoms with van der Waals surface area (Å²) in [6.07, 6.45) is 1.47. The number of anilines is 1. The Kier molecular flexibility index (Phi) is 7.60. The molecule has 8 nitrogen and oxygen atoms in total. The number of carbonyl (C=O) groups excluding carboxylic acids is 1. The maximum Gasteiger partial charge on any atom is 0.251 e. The van der Waals surface area contributed by atoms with Crippen molar-refractivity contribution in [3.05, 3.63) is 112 Å². The Balaban J connectivity index is 1.44. The van der Waals surface area contributed by atoms with Crippen molar-refractivity contribution >= 4 is 23.5 Å². The van der Waals surface area contributed by atoms with Gasteiger partial charge in [0.25, 0.3) is 5.91 Å². The monoisotopic (exact) mass is 529 g/mol. The molecule has 1 aromatic heterocycles. The predicted octanol–water partition coefficient (Wildman–Crippen LogP) is 5.51. The van der Waals surface area contributed by atoms with Crippen molar-refractivity contribution in [2.45, 2.75) is 33.0 Å². The first kappa shape index (κ1) is 25.4. The van der Waals surface area contributed by atoms with Crippen molar-refractivity contribution in [3.8, 4) is 11.5 Å². The van der Waals surface area contributed by atoms with Crippen molar-refractivity contribution in [1.29, 1.82) is 0 Å². The predicted molar refractivity (Wildman–Crippen MR) is 146 cm³/mol. The van der Waals surface area contributed by atoms with Crippen LogP contribution < -0.4 is 20.1 Å². The van der Waals surface area contributed by atoms with E-state index >= 15 is 0 Å². The molecular formula is C29H28ClN5O3. The van der Waals surface area contributed by atoms with E-state index in [0.717, 1.165) is 16.7 Å². The summed E-state index contributed by atoms with van der Waals surface area (Å²) in [5, 5.41) is 11.4. The van der Waals surface area contributed by atoms with E-state index in [4.69, 9.17) is 21.1 Å². The number of amides is 1. The van der Waals surface area contributed by atoms with Crippen molar-refractivity contribution in [3.63, 3.8) is 0 Å². The summed E-state index contributed by atoms with van der Waals surface area (Å²) in [6.45, 7) is 5.02. The van der Waals surface area contributed by atoms with Crippen molar-refractivity contribution in [2.75, 3.05) is 11.9 Å². The van der Waals surface area contributed by atoms with Gasteiger partial charge in [-0.05, 0) is 54.8 Å². The van der Waals surface area contributed by atoms with E-state index in [2.05, 4.69) is 20.7 Å². The zero-order valence-electron chi connectivity index (χ0n) is 21.1. The van der Waals surface area contributed by atoms with E-state index in [1.807, 2.05) is 86.6 Å². The Morgan fingerprint density at radius 3 is 2.58 bits per heavy atom. The van der Waals surface area contributed by atoms with Gasteiger partial charge in [-0.15, -0.1) is 0 Å². The summed E-state index contributed by atoms with van der Waals surface area (Å²) in [5.41, 5.74) is 4.09. The number of benzene rings is 3. The summed E-state index contributed by atoms with van der Waals surface area (Å²) in [4.78, 5) is 17.8. The molecule has 0 spiro atoms. The molecule has 0 radical (unpaired) electrons. The highest BCUT2D eigenvalue weighted by Gasteiger charge is 2.34. The SMILES string of the molecule is CCOc1cc(C2C(C(=O)NCc3ccccc3)=C(C)Nc3ncnn32)ccc1OCc1ccc(Cl)cc1. The average molecular weight is 530 g/mol. The molecule has 1 amide bonds. The Labute approximate surface area is 226 Å². The van der Waals surface area contributed by atoms with Crippen LogP contribution in [0.1, 0.15) is 36.6 Å². The molecule has 1 aliphatic rings. The highest BCUT2D eigenvalue weighted by molar-refractivity contribution is 6.30. The number of nitrogens with one attached hydrogen (secondary N) is 2. The summed E-state index contributed by atoms with van der Waals surface area (Å²) >= 11 is 6.00. The lowest BCUT2D eigenvalue weighted by molar-refractivity contribution is -0.118. The molecule has 194 valence electrons. The van der Waals surface area contributed by atoms with Gasteiger partial charge in [-0.2, -0.15) is 10.1 Å². The minimum Gasteiger partial charge on any atom is -0.490 e. The molecule has 2 N–H and O–H groups in total. The summed E-state index contributed by atoms with van der Waals surface area (Å²) in [6, 6.07) is 22.5. The summed E-state index contributed by atoms with van der Waals surface area (Å²) in [7, 11) is 0. The number of hydrogen-bond donors (Lipinski definition) is 2. The third-order valence-electron chi connectivity index (χ3n) is 6.23. The number of fused-ring (bicyclic) bond motifs is 1. The second kappa shape index (κ2) is 11.4. The third kappa shape index (κ3) is 5.50. The van der Waals surface area contributed by atoms with Gasteiger partial charge in [-0.3, -0.25) is 4.79 Å². The minimum absolute atomic E-state index is 0.189. The second-order valence-electron chi connectivity index (χ2n) is 8.82. The van der Waals surface area contributed by atoms with Gasteiger partial charge in [-0.1, -0.05) is 60.1 Å². The average Bonchev–Trinajstić information content (AvgIpc) is 3.40. The van der Waals surface area contributed by atoms with E-state index in [9.17, 15) is 4.79 Å². The van der Waals surface area contributed by atoms with Crippen LogP contribution in [0.5, 0.6) is 11.5 Å². The van der Waals surface area contributed by atoms with Gasteiger partial charge in [0.2, 0.25) is 5.95 Å². The molecule has 1 unspecified atom stereocenters. The molecule has 3 aromatic carbocycles. The van der Waals surface area contributed by atoms with Crippen LogP contribution >= 0.6 is 11.6 Å². The lowest BCUT2D eigenvalue weighted by atomic mass is 9.94. The van der Waals surface area contributed by atoms with Crippen LogP contribution in [-0.2, 0) is 17.9 Å². The molecule has 2 heterocycles. The van der Waals surface area contributed by atoms with E-state index in [0.29, 0.717) is 53.5 Å². The molecule has 0 saturated carbocycles. The van der Waals surface area contributed by atoms with Crippen LogP contribution in [0.15, 0.2) is 90.4 Å². The maximum absolute atomic E-state index is 13.5. The molecule has 0 bridgehead atoms. The van der Waals surface area contributed by atoms with Crippen LogP contribution in [0.4, 0.5) is 5.95 Å². The first-order valence-electron chi connectivity index (χ1n) is 12.4. The topological polar surface area (TPSA) is 90.3 Å². The number of aromatic nitrogens is 3. The fourth-order valence-electron chi connectivity index (χ4n) is 4.39. The quantitative estimate of drug-likeness (QED) is 0.297. The van der Waals surface area contributed by atoms with Gasteiger partial charge in [0.1, 0.15) is 19.0 Å². The molecule has 1 aliphatic heterocycles. The molecule has 9 heteroatoms. The zero-order chi connectivity index (χ0) is 26.5. The van der Waals surface area contributed by atoms with E-state index < -0.39 is 6.04 Å². The van der Waals surface area contributed by atoms with Crippen molar-refractivity contribution < 1.29 is 14.3 Å². The van der Waals surface area contributed by atoms with Crippen molar-refractivity contribution in [2.24, 2.45) is 0 Å². The van der Waals surface area contributed by atoms with Gasteiger partial charge in [-0.25, -0.2) is 4.68 Å². The number of carbonyl (C=O) groups is 1. The molecule has 1 atom stereocenters. The second-order valence-corrected chi connectivity index (χ2v) is 9.25. The number of allylic oxidation sites excluding steroid dienone is 1. The Bertz CT molecular complexity index is 1450. The van der Waals surface area contributed by atoms with Gasteiger partial charge >= 0.3 is 0 Å². The van der Waals surface area contributed by atoms with Crippen molar-refractivity contribution in [1.82, 2.24) is 20.1 Å². The number of nitrogens with zero attached hydrogens (tertiary/aromatic N) is 3. The van der Waals surface area contributed by atoms with Crippen LogP contribution in [0, 0.1) is 0 Å². The minimum atomic E-state index is -0.506. The molecule has 38 heavy (non-hydrogen) atoms. The molecule has 5 rings (SSSR count). The Morgan fingerprint density at radius 1 is 1.03 bits per heavy atom. The molecule has 0 fully saturated rings. The smallest absolute Gasteiger partial charge is 0.251 e. The fourth-order valence-corrected chi connectivity index (χ4v) is 4.52. The summed E-state index contributed by atoms with van der Waals surface area (Å²) < 4.78 is 13.8. The number of hydrogen-bond acceptors (Lipinski definition) is 6. The fraction of sp³-hybridized carbons (Fsp3) is 0.207. The lowest BCUT2D eigenvalue weighted by Gasteiger charge is -2.29. The van der Waals surface area contributed by atoms with Crippen LogP contribution in [0.3, 0.4) is 0 Å². The van der Waals surface area contributed by atoms with Gasteiger partial charge < -0.3 is 20.1 Å². The van der Waals surface area contributed by atoms with E-state index in [1.54, 1.807) is 4.68 Å². The maximum atomic E-state index is 13.5. The summed E-state index contributed by atoms with van der Waals surface area (Å²) in [5.74, 6) is 1.56. The largest absolute Gasteiger partial charge is 0.490 e. The first-order chi connectivity index (χ1) is 18.5. The standard InChI is InChI=1S/C29H28ClN5O3/c1-3-37-25-15-22(11-14-24(25)38-17-21-9-12-23(30)13-10-21)27-26(19(2)34-29-32-18-33-35(27)29)28(36)31-16-20-7-5-4-6-8-20/h4-15,18,27H,3,16-17H2,1-2H3,(H,31,36)(H,32,33,34). The van der Waals surface area contributed by atoms with Gasteiger partial charge in [0, 0.05) is 17.3 Å². The molecule has 4 aromatic rings. The highest BCUT2D eigenvalue weighted by Crippen LogP contribution is 2.39. The molecule has 0 aliphatic carbocycles. The van der Waals surface area contributed by atoms with Gasteiger partial charge in [0.15, 0.2) is 11.5 Å². The van der Waals surface area contributed by atoms with E-state index in [1.165, 1.54) is 6.33 Å². The number of halogens is 1. The number of ether oxygens (including phenoxy) is 2. The first-order valence-corrected chi connectivity index (χ1v) is 12.7. The highest BCUT2D eigenvalue weighted by atomic mass is 35.5. The third-order valence-corrected chi connectivity index (χ3v) is 6.48. The zero-order valence-corrected chi connectivity index (χ0v) is 21.9. The van der Waals surface area contributed by atoms with Crippen LogP contribution in [0.2, 0.25) is 5.02 Å². The molecule has 0 saturated heterocycles. The van der Waals surface area contributed by atoms with Crippen LogP contribution in [-0.4, -0.2) is 27.3 Å². The van der Waals surface area contributed by atoms with Crippen LogP contribution in [0.25, 0.3) is 0 Å². The normalized spacial score (nSPS) is 14.4. The lowest BCUT2D eigenvalue weighted by Crippen LogP contribution is -2.34. The Morgan fingerprint density at radius 2 is 1.82 bits per heavy atom. The van der Waals surface area contributed by atoms with E-state index in [-0.39, 0.29) is 5.91 Å². The number of rotatable bonds is 9. The molecular weight excluding hydrogens is 502 g/mol.